The molecule has 118 valence electrons. The molecule has 6 nitrogen and oxygen atoms in total. The summed E-state index contributed by atoms with van der Waals surface area (Å²) in [7, 11) is 3.46. The molecule has 22 heavy (non-hydrogen) atoms. The van der Waals surface area contributed by atoms with Crippen molar-refractivity contribution in [1.82, 2.24) is 14.9 Å². The number of fused-ring (bicyclic) bond motifs is 1. The first-order valence-electron chi connectivity index (χ1n) is 7.56. The highest BCUT2D eigenvalue weighted by atomic mass is 16.5. The lowest BCUT2D eigenvalue weighted by Crippen LogP contribution is -2.37. The fourth-order valence-electron chi connectivity index (χ4n) is 2.69. The Labute approximate surface area is 129 Å². The summed E-state index contributed by atoms with van der Waals surface area (Å²) in [5.74, 6) is 1.74. The van der Waals surface area contributed by atoms with E-state index in [0.29, 0.717) is 19.6 Å². The van der Waals surface area contributed by atoms with Crippen LogP contribution in [0.2, 0.25) is 0 Å². The third-order valence-corrected chi connectivity index (χ3v) is 4.00. The lowest BCUT2D eigenvalue weighted by molar-refractivity contribution is -0.139. The SMILES string of the molecule is COc1ccc2nc(CCN(C)C(=O)C3CCCO3)[nH]c2c1. The Bertz CT molecular complexity index is 662. The van der Waals surface area contributed by atoms with Gasteiger partial charge in [0, 0.05) is 32.7 Å². The van der Waals surface area contributed by atoms with Gasteiger partial charge in [0.15, 0.2) is 0 Å². The summed E-state index contributed by atoms with van der Waals surface area (Å²) in [4.78, 5) is 21.7. The van der Waals surface area contributed by atoms with E-state index in [0.717, 1.165) is 35.4 Å². The number of hydrogen-bond acceptors (Lipinski definition) is 4. The number of hydrogen-bond donors (Lipinski definition) is 1. The summed E-state index contributed by atoms with van der Waals surface area (Å²) in [6.07, 6.45) is 2.22. The number of methoxy groups -OCH3 is 1. The molecule has 1 aliphatic heterocycles. The van der Waals surface area contributed by atoms with Gasteiger partial charge in [-0.15, -0.1) is 0 Å². The van der Waals surface area contributed by atoms with Crippen molar-refractivity contribution in [1.29, 1.82) is 0 Å². The Morgan fingerprint density at radius 2 is 2.41 bits per heavy atom. The van der Waals surface area contributed by atoms with Crippen LogP contribution in [0.15, 0.2) is 18.2 Å². The van der Waals surface area contributed by atoms with E-state index in [1.807, 2.05) is 25.2 Å². The first-order valence-corrected chi connectivity index (χ1v) is 7.56. The maximum absolute atomic E-state index is 12.2. The molecule has 1 fully saturated rings. The average Bonchev–Trinajstić information content (AvgIpc) is 3.19. The maximum atomic E-state index is 12.2. The van der Waals surface area contributed by atoms with Gasteiger partial charge in [-0.3, -0.25) is 4.79 Å². The average molecular weight is 303 g/mol. The summed E-state index contributed by atoms with van der Waals surface area (Å²) < 4.78 is 10.6. The molecule has 1 aliphatic rings. The second-order valence-electron chi connectivity index (χ2n) is 5.58. The van der Waals surface area contributed by atoms with Crippen molar-refractivity contribution in [2.45, 2.75) is 25.4 Å². The molecule has 2 heterocycles. The van der Waals surface area contributed by atoms with E-state index in [1.54, 1.807) is 12.0 Å². The van der Waals surface area contributed by atoms with E-state index in [-0.39, 0.29) is 12.0 Å². The van der Waals surface area contributed by atoms with Gasteiger partial charge in [-0.05, 0) is 25.0 Å². The summed E-state index contributed by atoms with van der Waals surface area (Å²) >= 11 is 0. The zero-order valence-corrected chi connectivity index (χ0v) is 13.0. The number of carbonyl (C=O) groups excluding carboxylic acids is 1. The number of nitrogens with one attached hydrogen (secondary N) is 1. The number of carbonyl (C=O) groups is 1. The van der Waals surface area contributed by atoms with Crippen molar-refractivity contribution in [3.63, 3.8) is 0 Å². The van der Waals surface area contributed by atoms with Crippen LogP contribution < -0.4 is 4.74 Å². The highest BCUT2D eigenvalue weighted by Crippen LogP contribution is 2.19. The Morgan fingerprint density at radius 3 is 3.14 bits per heavy atom. The van der Waals surface area contributed by atoms with Crippen LogP contribution in [-0.4, -0.2) is 54.2 Å². The van der Waals surface area contributed by atoms with Crippen molar-refractivity contribution < 1.29 is 14.3 Å². The van der Waals surface area contributed by atoms with Crippen LogP contribution in [-0.2, 0) is 16.0 Å². The van der Waals surface area contributed by atoms with Gasteiger partial charge in [0.05, 0.1) is 18.1 Å². The van der Waals surface area contributed by atoms with Gasteiger partial charge in [-0.2, -0.15) is 0 Å². The number of rotatable bonds is 5. The third-order valence-electron chi connectivity index (χ3n) is 4.00. The van der Waals surface area contributed by atoms with Gasteiger partial charge in [0.2, 0.25) is 0 Å². The number of aromatic amines is 1. The van der Waals surface area contributed by atoms with Gasteiger partial charge in [0.25, 0.3) is 5.91 Å². The van der Waals surface area contributed by atoms with Crippen molar-refractivity contribution in [2.24, 2.45) is 0 Å². The molecule has 0 radical (unpaired) electrons. The van der Waals surface area contributed by atoms with Gasteiger partial charge in [-0.25, -0.2) is 4.98 Å². The molecule has 1 N–H and O–H groups in total. The molecule has 1 aromatic carbocycles. The Balaban J connectivity index is 1.62. The molecule has 1 saturated heterocycles. The van der Waals surface area contributed by atoms with Gasteiger partial charge in [0.1, 0.15) is 17.7 Å². The van der Waals surface area contributed by atoms with Crippen molar-refractivity contribution in [3.8, 4) is 5.75 Å². The number of ether oxygens (including phenoxy) is 2. The lowest BCUT2D eigenvalue weighted by Gasteiger charge is -2.19. The third kappa shape index (κ3) is 3.06. The molecule has 1 amide bonds. The van der Waals surface area contributed by atoms with Crippen LogP contribution in [0, 0.1) is 0 Å². The molecular formula is C16H21N3O3. The molecule has 0 saturated carbocycles. The molecule has 0 bridgehead atoms. The topological polar surface area (TPSA) is 67.4 Å². The van der Waals surface area contributed by atoms with Crippen LogP contribution in [0.1, 0.15) is 18.7 Å². The summed E-state index contributed by atoms with van der Waals surface area (Å²) in [6.45, 7) is 1.31. The molecular weight excluding hydrogens is 282 g/mol. The minimum Gasteiger partial charge on any atom is -0.497 e. The Hall–Kier alpha value is -2.08. The van der Waals surface area contributed by atoms with Crippen molar-refractivity contribution >= 4 is 16.9 Å². The van der Waals surface area contributed by atoms with E-state index in [2.05, 4.69) is 9.97 Å². The molecule has 3 rings (SSSR count). The second kappa shape index (κ2) is 6.36. The lowest BCUT2D eigenvalue weighted by atomic mass is 10.2. The van der Waals surface area contributed by atoms with Crippen LogP contribution >= 0.6 is 0 Å². The molecule has 2 aromatic rings. The monoisotopic (exact) mass is 303 g/mol. The molecule has 1 aromatic heterocycles. The van der Waals surface area contributed by atoms with Crippen LogP contribution in [0.4, 0.5) is 0 Å². The van der Waals surface area contributed by atoms with E-state index >= 15 is 0 Å². The molecule has 1 atom stereocenters. The molecule has 6 heteroatoms. The van der Waals surface area contributed by atoms with Crippen molar-refractivity contribution in [3.05, 3.63) is 24.0 Å². The zero-order chi connectivity index (χ0) is 15.5. The summed E-state index contributed by atoms with van der Waals surface area (Å²) in [6, 6.07) is 5.74. The summed E-state index contributed by atoms with van der Waals surface area (Å²) in [5.41, 5.74) is 1.85. The Kier molecular flexibility index (Phi) is 4.29. The standard InChI is InChI=1S/C16H21N3O3/c1-19(16(20)14-4-3-9-22-14)8-7-15-17-12-6-5-11(21-2)10-13(12)18-15/h5-6,10,14H,3-4,7-9H2,1-2H3,(H,17,18). The minimum absolute atomic E-state index is 0.0651. The normalized spacial score (nSPS) is 17.8. The minimum atomic E-state index is -0.259. The fraction of sp³-hybridized carbons (Fsp3) is 0.500. The van der Waals surface area contributed by atoms with E-state index in [4.69, 9.17) is 9.47 Å². The predicted molar refractivity (Wildman–Crippen MR) is 83.0 cm³/mol. The fourth-order valence-corrected chi connectivity index (χ4v) is 2.69. The smallest absolute Gasteiger partial charge is 0.251 e. The molecule has 0 aliphatic carbocycles. The van der Waals surface area contributed by atoms with E-state index in [9.17, 15) is 4.79 Å². The zero-order valence-electron chi connectivity index (χ0n) is 13.0. The number of nitrogens with zero attached hydrogens (tertiary/aromatic N) is 2. The first kappa shape index (κ1) is 14.8. The van der Waals surface area contributed by atoms with Gasteiger partial charge >= 0.3 is 0 Å². The maximum Gasteiger partial charge on any atom is 0.251 e. The highest BCUT2D eigenvalue weighted by molar-refractivity contribution is 5.81. The van der Waals surface area contributed by atoms with Gasteiger partial charge < -0.3 is 19.4 Å². The molecule has 0 spiro atoms. The van der Waals surface area contributed by atoms with Crippen LogP contribution in [0.25, 0.3) is 11.0 Å². The molecule has 1 unspecified atom stereocenters. The predicted octanol–water partition coefficient (Wildman–Crippen LogP) is 1.75. The number of aromatic nitrogens is 2. The van der Waals surface area contributed by atoms with E-state index < -0.39 is 0 Å². The number of likely N-dealkylation sites (N-methyl/N-ethyl adjacent to an activating group) is 1. The highest BCUT2D eigenvalue weighted by Gasteiger charge is 2.26. The quantitative estimate of drug-likeness (QED) is 0.914. The second-order valence-corrected chi connectivity index (χ2v) is 5.58. The number of imidazole rings is 1. The first-order chi connectivity index (χ1) is 10.7. The van der Waals surface area contributed by atoms with Crippen molar-refractivity contribution in [2.75, 3.05) is 27.3 Å². The van der Waals surface area contributed by atoms with E-state index in [1.165, 1.54) is 0 Å². The number of H-pyrrole nitrogens is 1. The van der Waals surface area contributed by atoms with Gasteiger partial charge in [-0.1, -0.05) is 0 Å². The number of benzene rings is 1. The van der Waals surface area contributed by atoms with Crippen LogP contribution in [0.5, 0.6) is 5.75 Å². The Morgan fingerprint density at radius 1 is 1.55 bits per heavy atom. The summed E-state index contributed by atoms with van der Waals surface area (Å²) in [5, 5.41) is 0. The van der Waals surface area contributed by atoms with Crippen LogP contribution in [0.3, 0.4) is 0 Å². The number of amides is 1. The largest absolute Gasteiger partial charge is 0.497 e.